The van der Waals surface area contributed by atoms with E-state index in [9.17, 15) is 4.79 Å². The molecule has 0 aliphatic carbocycles. The number of ketones is 1. The molecule has 3 heterocycles. The number of ether oxygens (including phenoxy) is 2. The second-order valence-corrected chi connectivity index (χ2v) is 4.76. The molecule has 0 saturated carbocycles. The van der Waals surface area contributed by atoms with Crippen molar-refractivity contribution < 1.29 is 14.3 Å². The molecule has 0 aromatic heterocycles. The molecule has 4 rings (SSSR count). The monoisotopic (exact) mass is 216 g/mol. The lowest BCUT2D eigenvalue weighted by atomic mass is 9.79. The van der Waals surface area contributed by atoms with E-state index in [2.05, 4.69) is 0 Å². The Labute approximate surface area is 93.4 Å². The Morgan fingerprint density at radius 1 is 1.12 bits per heavy atom. The molecular formula is C13H12O3. The van der Waals surface area contributed by atoms with E-state index in [-0.39, 0.29) is 30.0 Å². The normalized spacial score (nSPS) is 39.1. The van der Waals surface area contributed by atoms with Crippen LogP contribution in [0.3, 0.4) is 0 Å². The highest BCUT2D eigenvalue weighted by Crippen LogP contribution is 2.46. The van der Waals surface area contributed by atoms with Gasteiger partial charge < -0.3 is 9.47 Å². The first kappa shape index (κ1) is 8.76. The van der Waals surface area contributed by atoms with Gasteiger partial charge in [-0.25, -0.2) is 0 Å². The standard InChI is InChI=1S/C13H12O3/c14-12-7-3-1-2-4-8(7)16-13-10-6-5-9(15-10)11(12)13/h1-4,9-11,13H,5-6H2/t9-,10+,11+,13+/m1/s1. The van der Waals surface area contributed by atoms with E-state index in [1.807, 2.05) is 24.3 Å². The summed E-state index contributed by atoms with van der Waals surface area (Å²) in [5.41, 5.74) is 0.722. The molecule has 0 amide bonds. The summed E-state index contributed by atoms with van der Waals surface area (Å²) in [7, 11) is 0. The molecule has 2 bridgehead atoms. The van der Waals surface area contributed by atoms with Crippen molar-refractivity contribution in [3.63, 3.8) is 0 Å². The van der Waals surface area contributed by atoms with Crippen molar-refractivity contribution in [3.05, 3.63) is 29.8 Å². The minimum absolute atomic E-state index is 0.0406. The van der Waals surface area contributed by atoms with Gasteiger partial charge in [0, 0.05) is 0 Å². The molecule has 0 unspecified atom stereocenters. The summed E-state index contributed by atoms with van der Waals surface area (Å²) >= 11 is 0. The number of fused-ring (bicyclic) bond motifs is 6. The molecule has 0 spiro atoms. The number of rotatable bonds is 0. The van der Waals surface area contributed by atoms with Crippen LogP contribution in [0.2, 0.25) is 0 Å². The lowest BCUT2D eigenvalue weighted by Gasteiger charge is -2.32. The first-order valence-electron chi connectivity index (χ1n) is 5.80. The van der Waals surface area contributed by atoms with Gasteiger partial charge in [0.05, 0.1) is 23.7 Å². The highest BCUT2D eigenvalue weighted by atomic mass is 16.6. The molecule has 3 aliphatic rings. The molecule has 4 atom stereocenters. The molecule has 1 aromatic carbocycles. The van der Waals surface area contributed by atoms with Crippen molar-refractivity contribution in [2.45, 2.75) is 31.2 Å². The fraction of sp³-hybridized carbons (Fsp3) is 0.462. The van der Waals surface area contributed by atoms with E-state index in [0.29, 0.717) is 0 Å². The highest BCUT2D eigenvalue weighted by Gasteiger charge is 2.56. The van der Waals surface area contributed by atoms with Gasteiger partial charge in [-0.1, -0.05) is 12.1 Å². The second kappa shape index (κ2) is 2.86. The minimum Gasteiger partial charge on any atom is -0.486 e. The van der Waals surface area contributed by atoms with E-state index in [4.69, 9.17) is 9.47 Å². The van der Waals surface area contributed by atoms with Crippen LogP contribution in [0.1, 0.15) is 23.2 Å². The van der Waals surface area contributed by atoms with Crippen LogP contribution in [0.25, 0.3) is 0 Å². The molecule has 3 aliphatic heterocycles. The Balaban J connectivity index is 1.83. The molecule has 0 radical (unpaired) electrons. The number of hydrogen-bond acceptors (Lipinski definition) is 3. The van der Waals surface area contributed by atoms with Gasteiger partial charge in [0.1, 0.15) is 11.9 Å². The second-order valence-electron chi connectivity index (χ2n) is 4.76. The number of para-hydroxylation sites is 1. The predicted octanol–water partition coefficient (Wildman–Crippen LogP) is 1.81. The van der Waals surface area contributed by atoms with Crippen molar-refractivity contribution in [1.82, 2.24) is 0 Å². The lowest BCUT2D eigenvalue weighted by molar-refractivity contribution is 0.0560. The Kier molecular flexibility index (Phi) is 1.56. The Hall–Kier alpha value is -1.35. The van der Waals surface area contributed by atoms with Gasteiger partial charge in [-0.15, -0.1) is 0 Å². The predicted molar refractivity (Wildman–Crippen MR) is 56.6 cm³/mol. The molecule has 82 valence electrons. The van der Waals surface area contributed by atoms with Crippen LogP contribution in [0.15, 0.2) is 24.3 Å². The number of Topliss-reactive ketones (excluding diaryl/α,β-unsaturated/α-hetero) is 1. The fourth-order valence-electron chi connectivity index (χ4n) is 3.20. The molecule has 1 aromatic rings. The molecule has 16 heavy (non-hydrogen) atoms. The molecule has 2 fully saturated rings. The third-order valence-electron chi connectivity index (χ3n) is 3.92. The first-order valence-corrected chi connectivity index (χ1v) is 5.80. The largest absolute Gasteiger partial charge is 0.486 e. The van der Waals surface area contributed by atoms with Crippen molar-refractivity contribution in [3.8, 4) is 5.75 Å². The average Bonchev–Trinajstić information content (AvgIpc) is 2.90. The average molecular weight is 216 g/mol. The van der Waals surface area contributed by atoms with E-state index in [1.54, 1.807) is 0 Å². The van der Waals surface area contributed by atoms with Crippen LogP contribution in [-0.4, -0.2) is 24.1 Å². The van der Waals surface area contributed by atoms with Crippen LogP contribution in [0.4, 0.5) is 0 Å². The summed E-state index contributed by atoms with van der Waals surface area (Å²) in [6, 6.07) is 7.50. The van der Waals surface area contributed by atoms with Gasteiger partial charge in [-0.05, 0) is 25.0 Å². The van der Waals surface area contributed by atoms with Crippen molar-refractivity contribution in [1.29, 1.82) is 0 Å². The van der Waals surface area contributed by atoms with Gasteiger partial charge in [0.25, 0.3) is 0 Å². The molecular weight excluding hydrogens is 204 g/mol. The van der Waals surface area contributed by atoms with Crippen LogP contribution < -0.4 is 4.74 Å². The van der Waals surface area contributed by atoms with Gasteiger partial charge >= 0.3 is 0 Å². The van der Waals surface area contributed by atoms with Crippen molar-refractivity contribution in [2.24, 2.45) is 5.92 Å². The zero-order valence-corrected chi connectivity index (χ0v) is 8.76. The van der Waals surface area contributed by atoms with E-state index in [0.717, 1.165) is 24.2 Å². The Bertz CT molecular complexity index is 468. The minimum atomic E-state index is -0.0614. The van der Waals surface area contributed by atoms with Gasteiger partial charge in [-0.2, -0.15) is 0 Å². The summed E-state index contributed by atoms with van der Waals surface area (Å²) in [5, 5.41) is 0. The molecule has 0 N–H and O–H groups in total. The summed E-state index contributed by atoms with van der Waals surface area (Å²) in [4.78, 5) is 12.3. The van der Waals surface area contributed by atoms with Crippen LogP contribution in [-0.2, 0) is 4.74 Å². The summed E-state index contributed by atoms with van der Waals surface area (Å²) in [5.74, 6) is 0.873. The number of carbonyl (C=O) groups is 1. The maximum Gasteiger partial charge on any atom is 0.176 e. The van der Waals surface area contributed by atoms with Crippen LogP contribution in [0, 0.1) is 5.92 Å². The van der Waals surface area contributed by atoms with Gasteiger partial charge in [-0.3, -0.25) is 4.79 Å². The lowest BCUT2D eigenvalue weighted by Crippen LogP contribution is -2.44. The summed E-state index contributed by atoms with van der Waals surface area (Å²) in [6.07, 6.45) is 2.22. The van der Waals surface area contributed by atoms with Crippen LogP contribution in [0.5, 0.6) is 5.75 Å². The number of carbonyl (C=O) groups excluding carboxylic acids is 1. The summed E-state index contributed by atoms with van der Waals surface area (Å²) in [6.45, 7) is 0. The Morgan fingerprint density at radius 3 is 2.88 bits per heavy atom. The molecule has 2 saturated heterocycles. The maximum atomic E-state index is 12.3. The number of benzene rings is 1. The van der Waals surface area contributed by atoms with Gasteiger partial charge in [0.15, 0.2) is 5.78 Å². The maximum absolute atomic E-state index is 12.3. The first-order chi connectivity index (χ1) is 7.84. The third-order valence-corrected chi connectivity index (χ3v) is 3.92. The fourth-order valence-corrected chi connectivity index (χ4v) is 3.20. The van der Waals surface area contributed by atoms with E-state index >= 15 is 0 Å². The van der Waals surface area contributed by atoms with Gasteiger partial charge in [0.2, 0.25) is 0 Å². The molecule has 3 nitrogen and oxygen atoms in total. The topological polar surface area (TPSA) is 35.5 Å². The van der Waals surface area contributed by atoms with Crippen molar-refractivity contribution >= 4 is 5.78 Å². The number of hydrogen-bond donors (Lipinski definition) is 0. The Morgan fingerprint density at radius 2 is 1.94 bits per heavy atom. The zero-order valence-electron chi connectivity index (χ0n) is 8.76. The van der Waals surface area contributed by atoms with Crippen molar-refractivity contribution in [2.75, 3.05) is 0 Å². The quantitative estimate of drug-likeness (QED) is 0.663. The smallest absolute Gasteiger partial charge is 0.176 e. The van der Waals surface area contributed by atoms with E-state index < -0.39 is 0 Å². The zero-order chi connectivity index (χ0) is 10.7. The highest BCUT2D eigenvalue weighted by molar-refractivity contribution is 6.02. The third kappa shape index (κ3) is 0.944. The van der Waals surface area contributed by atoms with Crippen LogP contribution >= 0.6 is 0 Å². The van der Waals surface area contributed by atoms with E-state index in [1.165, 1.54) is 0 Å². The SMILES string of the molecule is O=C1c2ccccc2O[C@@H]2[C@H]1[C@H]1CC[C@@H]2O1. The summed E-state index contributed by atoms with van der Waals surface area (Å²) < 4.78 is 11.7. The molecule has 3 heteroatoms.